The van der Waals surface area contributed by atoms with Gasteiger partial charge in [0.15, 0.2) is 0 Å². The van der Waals surface area contributed by atoms with Gasteiger partial charge in [0.1, 0.15) is 5.58 Å². The van der Waals surface area contributed by atoms with Crippen LogP contribution in [-0.4, -0.2) is 30.0 Å². The molecule has 0 bridgehead atoms. The van der Waals surface area contributed by atoms with Crippen LogP contribution >= 0.6 is 0 Å². The largest absolute Gasteiger partial charge is 0.422 e. The maximum atomic E-state index is 12.7. The fraction of sp³-hybridized carbons (Fsp3) is 0.320. The highest BCUT2D eigenvalue weighted by Gasteiger charge is 2.31. The molecule has 0 aliphatic carbocycles. The number of carbonyl (C=O) groups excluding carboxylic acids is 1. The van der Waals surface area contributed by atoms with Crippen LogP contribution in [0.5, 0.6) is 0 Å². The van der Waals surface area contributed by atoms with Crippen molar-refractivity contribution in [2.45, 2.75) is 39.2 Å². The van der Waals surface area contributed by atoms with E-state index in [-0.39, 0.29) is 17.1 Å². The zero-order chi connectivity index (χ0) is 22.2. The summed E-state index contributed by atoms with van der Waals surface area (Å²) in [5.41, 5.74) is 4.60. The number of aromatic nitrogens is 1. The summed E-state index contributed by atoms with van der Waals surface area (Å²) in [6.45, 7) is 7.15. The Labute approximate surface area is 181 Å². The molecule has 0 spiro atoms. The Morgan fingerprint density at radius 1 is 1.16 bits per heavy atom. The minimum atomic E-state index is -0.368. The Morgan fingerprint density at radius 2 is 1.87 bits per heavy atom. The third kappa shape index (κ3) is 3.98. The van der Waals surface area contributed by atoms with Crippen molar-refractivity contribution in [3.05, 3.63) is 64.8 Å². The maximum absolute atomic E-state index is 12.7. The summed E-state index contributed by atoms with van der Waals surface area (Å²) >= 11 is 0. The van der Waals surface area contributed by atoms with Gasteiger partial charge in [-0.15, -0.1) is 0 Å². The third-order valence-electron chi connectivity index (χ3n) is 5.89. The molecular formula is C25H27N3O3. The van der Waals surface area contributed by atoms with E-state index in [0.29, 0.717) is 17.6 Å². The van der Waals surface area contributed by atoms with Crippen molar-refractivity contribution in [3.8, 4) is 11.1 Å². The van der Waals surface area contributed by atoms with Crippen molar-refractivity contribution in [2.24, 2.45) is 0 Å². The van der Waals surface area contributed by atoms with Crippen LogP contribution in [0.4, 0.5) is 5.69 Å². The smallest absolute Gasteiger partial charge is 0.344 e. The van der Waals surface area contributed by atoms with Crippen molar-refractivity contribution < 1.29 is 9.21 Å². The van der Waals surface area contributed by atoms with E-state index < -0.39 is 0 Å². The highest BCUT2D eigenvalue weighted by Crippen LogP contribution is 2.41. The molecule has 6 nitrogen and oxygen atoms in total. The first-order chi connectivity index (χ1) is 14.8. The minimum Gasteiger partial charge on any atom is -0.422 e. The number of nitrogens with one attached hydrogen (secondary N) is 1. The molecule has 4 rings (SSSR count). The van der Waals surface area contributed by atoms with Crippen LogP contribution in [0, 0.1) is 0 Å². The molecule has 1 aromatic carbocycles. The molecule has 0 unspecified atom stereocenters. The van der Waals surface area contributed by atoms with E-state index in [1.807, 2.05) is 12.1 Å². The van der Waals surface area contributed by atoms with Gasteiger partial charge in [-0.05, 0) is 62.6 Å². The molecule has 31 heavy (non-hydrogen) atoms. The predicted molar refractivity (Wildman–Crippen MR) is 124 cm³/mol. The van der Waals surface area contributed by atoms with Gasteiger partial charge in [0.2, 0.25) is 5.91 Å². The van der Waals surface area contributed by atoms with E-state index in [9.17, 15) is 9.59 Å². The molecule has 2 aromatic heterocycles. The summed E-state index contributed by atoms with van der Waals surface area (Å²) in [6.07, 6.45) is 6.79. The van der Waals surface area contributed by atoms with E-state index in [4.69, 9.17) is 4.42 Å². The zero-order valence-electron chi connectivity index (χ0n) is 18.4. The second-order valence-electron chi connectivity index (χ2n) is 8.50. The van der Waals surface area contributed by atoms with Crippen LogP contribution in [0.3, 0.4) is 0 Å². The molecule has 0 fully saturated rings. The van der Waals surface area contributed by atoms with Crippen molar-refractivity contribution in [3.63, 3.8) is 0 Å². The number of hydrogen-bond donors (Lipinski definition) is 1. The molecule has 6 heteroatoms. The highest BCUT2D eigenvalue weighted by atomic mass is 16.4. The van der Waals surface area contributed by atoms with Gasteiger partial charge < -0.3 is 14.6 Å². The minimum absolute atomic E-state index is 0.0370. The number of carbonyl (C=O) groups is 1. The Balaban J connectivity index is 1.79. The van der Waals surface area contributed by atoms with Gasteiger partial charge in [-0.25, -0.2) is 4.79 Å². The van der Waals surface area contributed by atoms with E-state index in [1.54, 1.807) is 31.6 Å². The van der Waals surface area contributed by atoms with Crippen LogP contribution in [0.25, 0.3) is 27.7 Å². The summed E-state index contributed by atoms with van der Waals surface area (Å²) in [6, 6.07) is 9.54. The summed E-state index contributed by atoms with van der Waals surface area (Å²) < 4.78 is 5.74. The Hall–Kier alpha value is -3.41. The first-order valence-electron chi connectivity index (χ1n) is 10.5. The lowest BCUT2D eigenvalue weighted by Gasteiger charge is -2.43. The van der Waals surface area contributed by atoms with Gasteiger partial charge in [0, 0.05) is 55.1 Å². The average molecular weight is 418 g/mol. The van der Waals surface area contributed by atoms with Gasteiger partial charge in [-0.3, -0.25) is 9.78 Å². The summed E-state index contributed by atoms with van der Waals surface area (Å²) in [5, 5.41) is 3.55. The molecule has 160 valence electrons. The second-order valence-corrected chi connectivity index (χ2v) is 8.50. The van der Waals surface area contributed by atoms with Crippen molar-refractivity contribution in [1.29, 1.82) is 0 Å². The normalized spacial score (nSPS) is 14.8. The number of hydrogen-bond acceptors (Lipinski definition) is 5. The standard InChI is InChI=1S/C25H27N3O3/c1-16-15-25(2,3)28(11-5-6-23(29)26-4)21-14-22-18(12-19(16)21)13-20(24(30)31-22)17-7-9-27-10-8-17/h7-10,12-15H,5-6,11H2,1-4H3,(H,26,29). The number of rotatable bonds is 5. The average Bonchev–Trinajstić information content (AvgIpc) is 2.74. The monoisotopic (exact) mass is 417 g/mol. The quantitative estimate of drug-likeness (QED) is 0.624. The molecule has 1 aliphatic rings. The lowest BCUT2D eigenvalue weighted by molar-refractivity contribution is -0.120. The van der Waals surface area contributed by atoms with Crippen LogP contribution < -0.4 is 15.8 Å². The van der Waals surface area contributed by atoms with Crippen LogP contribution in [0.1, 0.15) is 39.2 Å². The first-order valence-corrected chi connectivity index (χ1v) is 10.5. The first kappa shape index (κ1) is 20.8. The summed E-state index contributed by atoms with van der Waals surface area (Å²) in [4.78, 5) is 30.7. The second kappa shape index (κ2) is 8.02. The van der Waals surface area contributed by atoms with Gasteiger partial charge in [-0.1, -0.05) is 6.08 Å². The molecule has 0 radical (unpaired) electrons. The summed E-state index contributed by atoms with van der Waals surface area (Å²) in [5.74, 6) is 0.0370. The molecule has 1 N–H and O–H groups in total. The van der Waals surface area contributed by atoms with Crippen molar-refractivity contribution in [2.75, 3.05) is 18.5 Å². The highest BCUT2D eigenvalue weighted by molar-refractivity contribution is 5.93. The number of nitrogens with zero attached hydrogens (tertiary/aromatic N) is 2. The lowest BCUT2D eigenvalue weighted by Crippen LogP contribution is -2.45. The van der Waals surface area contributed by atoms with Gasteiger partial charge >= 0.3 is 5.63 Å². The Morgan fingerprint density at radius 3 is 2.58 bits per heavy atom. The lowest BCUT2D eigenvalue weighted by atomic mass is 9.87. The van der Waals surface area contributed by atoms with E-state index in [1.165, 1.54) is 5.57 Å². The van der Waals surface area contributed by atoms with Crippen molar-refractivity contribution in [1.82, 2.24) is 10.3 Å². The predicted octanol–water partition coefficient (Wildman–Crippen LogP) is 4.38. The topological polar surface area (TPSA) is 75.4 Å². The molecule has 3 aromatic rings. The molecular weight excluding hydrogens is 390 g/mol. The van der Waals surface area contributed by atoms with Crippen molar-refractivity contribution >= 4 is 28.1 Å². The summed E-state index contributed by atoms with van der Waals surface area (Å²) in [7, 11) is 1.66. The zero-order valence-corrected chi connectivity index (χ0v) is 18.4. The molecule has 1 amide bonds. The number of allylic oxidation sites excluding steroid dienone is 1. The fourth-order valence-corrected chi connectivity index (χ4v) is 4.36. The SMILES string of the molecule is CNC(=O)CCCN1c2cc3oc(=O)c(-c4ccncc4)cc3cc2C(C)=CC1(C)C. The molecule has 3 heterocycles. The third-order valence-corrected chi connectivity index (χ3v) is 5.89. The number of pyridine rings is 1. The van der Waals surface area contributed by atoms with Gasteiger partial charge in [0.05, 0.1) is 11.1 Å². The molecule has 1 aliphatic heterocycles. The number of fused-ring (bicyclic) bond motifs is 2. The van der Waals surface area contributed by atoms with E-state index in [2.05, 4.69) is 48.1 Å². The van der Waals surface area contributed by atoms with Gasteiger partial charge in [-0.2, -0.15) is 0 Å². The van der Waals surface area contributed by atoms with Crippen LogP contribution in [0.2, 0.25) is 0 Å². The van der Waals surface area contributed by atoms with E-state index >= 15 is 0 Å². The van der Waals surface area contributed by atoms with Gasteiger partial charge in [0.25, 0.3) is 0 Å². The van der Waals surface area contributed by atoms with Crippen LogP contribution in [0.15, 0.2) is 58.0 Å². The molecule has 0 saturated carbocycles. The van der Waals surface area contributed by atoms with Crippen LogP contribution in [-0.2, 0) is 4.79 Å². The molecule has 0 saturated heterocycles. The maximum Gasteiger partial charge on any atom is 0.344 e. The number of amides is 1. The molecule has 0 atom stereocenters. The Kier molecular flexibility index (Phi) is 5.39. The fourth-order valence-electron chi connectivity index (χ4n) is 4.36. The number of benzene rings is 1. The van der Waals surface area contributed by atoms with E-state index in [0.717, 1.165) is 35.2 Å². The number of anilines is 1. The Bertz CT molecular complexity index is 1230.